The predicted octanol–water partition coefficient (Wildman–Crippen LogP) is 1.67. The van der Waals surface area contributed by atoms with E-state index in [-0.39, 0.29) is 11.3 Å². The van der Waals surface area contributed by atoms with E-state index in [0.717, 1.165) is 0 Å². The standard InChI is InChI=1S/C9H11F2NO2/c1-14-5-2-3-7(13)6(4-5)8(12)9(10)11/h2-4,8-9,13H,12H2,1H3/t8-/m1/s1. The molecule has 0 aliphatic carbocycles. The van der Waals surface area contributed by atoms with Gasteiger partial charge in [-0.15, -0.1) is 0 Å². The van der Waals surface area contributed by atoms with Gasteiger partial charge in [-0.1, -0.05) is 0 Å². The molecule has 3 nitrogen and oxygen atoms in total. The fourth-order valence-electron chi connectivity index (χ4n) is 1.06. The Hall–Kier alpha value is -1.36. The summed E-state index contributed by atoms with van der Waals surface area (Å²) in [6.07, 6.45) is -2.71. The van der Waals surface area contributed by atoms with E-state index in [2.05, 4.69) is 0 Å². The van der Waals surface area contributed by atoms with Gasteiger partial charge in [-0.3, -0.25) is 0 Å². The Bertz CT molecular complexity index is 318. The summed E-state index contributed by atoms with van der Waals surface area (Å²) in [4.78, 5) is 0. The number of ether oxygens (including phenoxy) is 1. The molecule has 5 heteroatoms. The highest BCUT2D eigenvalue weighted by molar-refractivity contribution is 5.41. The molecule has 0 aliphatic heterocycles. The van der Waals surface area contributed by atoms with Gasteiger partial charge >= 0.3 is 0 Å². The molecule has 0 radical (unpaired) electrons. The Morgan fingerprint density at radius 1 is 1.43 bits per heavy atom. The predicted molar refractivity (Wildman–Crippen MR) is 47.6 cm³/mol. The van der Waals surface area contributed by atoms with Gasteiger partial charge in [0, 0.05) is 5.56 Å². The maximum Gasteiger partial charge on any atom is 0.257 e. The second kappa shape index (κ2) is 4.23. The van der Waals surface area contributed by atoms with Crippen LogP contribution in [0.2, 0.25) is 0 Å². The molecule has 0 saturated carbocycles. The molecule has 14 heavy (non-hydrogen) atoms. The van der Waals surface area contributed by atoms with Crippen molar-refractivity contribution in [2.75, 3.05) is 7.11 Å². The summed E-state index contributed by atoms with van der Waals surface area (Å²) in [6, 6.07) is 2.55. The molecule has 3 N–H and O–H groups in total. The minimum absolute atomic E-state index is 0.0145. The third kappa shape index (κ3) is 2.11. The summed E-state index contributed by atoms with van der Waals surface area (Å²) < 4.78 is 29.3. The molecule has 1 aromatic carbocycles. The van der Waals surface area contributed by atoms with Crippen LogP contribution in [-0.4, -0.2) is 18.6 Å². The minimum Gasteiger partial charge on any atom is -0.508 e. The first-order valence-electron chi connectivity index (χ1n) is 3.97. The smallest absolute Gasteiger partial charge is 0.257 e. The van der Waals surface area contributed by atoms with Crippen molar-refractivity contribution in [3.63, 3.8) is 0 Å². The van der Waals surface area contributed by atoms with Crippen molar-refractivity contribution in [1.29, 1.82) is 0 Å². The molecule has 0 heterocycles. The Morgan fingerprint density at radius 2 is 2.07 bits per heavy atom. The zero-order chi connectivity index (χ0) is 10.7. The van der Waals surface area contributed by atoms with E-state index < -0.39 is 12.5 Å². The minimum atomic E-state index is -2.71. The lowest BCUT2D eigenvalue weighted by molar-refractivity contribution is 0.115. The van der Waals surface area contributed by atoms with Crippen LogP contribution >= 0.6 is 0 Å². The summed E-state index contributed by atoms with van der Waals surface area (Å²) in [5.74, 6) is 0.132. The van der Waals surface area contributed by atoms with Gasteiger partial charge in [0.25, 0.3) is 6.43 Å². The van der Waals surface area contributed by atoms with Crippen LogP contribution in [0.25, 0.3) is 0 Å². The van der Waals surface area contributed by atoms with E-state index in [1.807, 2.05) is 0 Å². The van der Waals surface area contributed by atoms with E-state index in [4.69, 9.17) is 10.5 Å². The first-order chi connectivity index (χ1) is 6.56. The molecule has 0 aliphatic rings. The topological polar surface area (TPSA) is 55.5 Å². The average Bonchev–Trinajstić information content (AvgIpc) is 2.17. The number of phenols is 1. The first kappa shape index (κ1) is 10.7. The highest BCUT2D eigenvalue weighted by atomic mass is 19.3. The number of hydrogen-bond donors (Lipinski definition) is 2. The molecule has 0 aromatic heterocycles. The largest absolute Gasteiger partial charge is 0.508 e. The molecule has 0 spiro atoms. The Kier molecular flexibility index (Phi) is 3.24. The molecule has 0 unspecified atom stereocenters. The second-order valence-electron chi connectivity index (χ2n) is 2.78. The van der Waals surface area contributed by atoms with Gasteiger partial charge in [-0.2, -0.15) is 0 Å². The molecule has 0 saturated heterocycles. The van der Waals surface area contributed by atoms with Crippen molar-refractivity contribution in [3.05, 3.63) is 23.8 Å². The number of nitrogens with two attached hydrogens (primary N) is 1. The van der Waals surface area contributed by atoms with Crippen molar-refractivity contribution >= 4 is 0 Å². The summed E-state index contributed by atoms with van der Waals surface area (Å²) in [6.45, 7) is 0. The van der Waals surface area contributed by atoms with Crippen LogP contribution in [0.1, 0.15) is 11.6 Å². The van der Waals surface area contributed by atoms with Crippen LogP contribution < -0.4 is 10.5 Å². The van der Waals surface area contributed by atoms with Crippen LogP contribution in [0.4, 0.5) is 8.78 Å². The lowest BCUT2D eigenvalue weighted by Crippen LogP contribution is -2.19. The maximum atomic E-state index is 12.3. The van der Waals surface area contributed by atoms with Crippen molar-refractivity contribution in [2.45, 2.75) is 12.5 Å². The van der Waals surface area contributed by atoms with Crippen molar-refractivity contribution < 1.29 is 18.6 Å². The highest BCUT2D eigenvalue weighted by Crippen LogP contribution is 2.30. The fraction of sp³-hybridized carbons (Fsp3) is 0.333. The average molecular weight is 203 g/mol. The summed E-state index contributed by atoms with van der Waals surface area (Å²) in [5, 5.41) is 9.28. The zero-order valence-electron chi connectivity index (χ0n) is 7.58. The van der Waals surface area contributed by atoms with Gasteiger partial charge in [0.1, 0.15) is 11.5 Å². The van der Waals surface area contributed by atoms with E-state index in [1.165, 1.54) is 25.3 Å². The van der Waals surface area contributed by atoms with Crippen LogP contribution in [0.15, 0.2) is 18.2 Å². The number of methoxy groups -OCH3 is 1. The van der Waals surface area contributed by atoms with Gasteiger partial charge in [0.2, 0.25) is 0 Å². The molecule has 78 valence electrons. The number of aromatic hydroxyl groups is 1. The Morgan fingerprint density at radius 3 is 2.57 bits per heavy atom. The van der Waals surface area contributed by atoms with Crippen LogP contribution in [0, 0.1) is 0 Å². The molecule has 1 atom stereocenters. The number of alkyl halides is 2. The van der Waals surface area contributed by atoms with Crippen molar-refractivity contribution in [1.82, 2.24) is 0 Å². The zero-order valence-corrected chi connectivity index (χ0v) is 7.58. The quantitative estimate of drug-likeness (QED) is 0.785. The molecule has 0 fully saturated rings. The molecule has 0 bridgehead atoms. The number of hydrogen-bond acceptors (Lipinski definition) is 3. The lowest BCUT2D eigenvalue weighted by Gasteiger charge is -2.13. The van der Waals surface area contributed by atoms with Crippen molar-refractivity contribution in [3.8, 4) is 11.5 Å². The number of halogens is 2. The lowest BCUT2D eigenvalue weighted by atomic mass is 10.1. The molecule has 1 rings (SSSR count). The van der Waals surface area contributed by atoms with E-state index in [1.54, 1.807) is 0 Å². The first-order valence-corrected chi connectivity index (χ1v) is 3.97. The van der Waals surface area contributed by atoms with Gasteiger partial charge < -0.3 is 15.6 Å². The fourth-order valence-corrected chi connectivity index (χ4v) is 1.06. The molecular formula is C9H11F2NO2. The third-order valence-electron chi connectivity index (χ3n) is 1.87. The molecular weight excluding hydrogens is 192 g/mol. The number of phenolic OH excluding ortho intramolecular Hbond substituents is 1. The SMILES string of the molecule is COc1ccc(O)c([C@@H](N)C(F)F)c1. The summed E-state index contributed by atoms with van der Waals surface area (Å²) in [5.41, 5.74) is 5.18. The normalized spacial score (nSPS) is 12.9. The van der Waals surface area contributed by atoms with Crippen LogP contribution in [-0.2, 0) is 0 Å². The van der Waals surface area contributed by atoms with Crippen LogP contribution in [0.3, 0.4) is 0 Å². The maximum absolute atomic E-state index is 12.3. The molecule has 1 aromatic rings. The van der Waals surface area contributed by atoms with E-state index in [0.29, 0.717) is 5.75 Å². The number of rotatable bonds is 3. The van der Waals surface area contributed by atoms with Gasteiger partial charge in [0.15, 0.2) is 0 Å². The van der Waals surface area contributed by atoms with E-state index >= 15 is 0 Å². The second-order valence-corrected chi connectivity index (χ2v) is 2.78. The van der Waals surface area contributed by atoms with Gasteiger partial charge in [-0.25, -0.2) is 8.78 Å². The van der Waals surface area contributed by atoms with Crippen LogP contribution in [0.5, 0.6) is 11.5 Å². The summed E-state index contributed by atoms with van der Waals surface area (Å²) >= 11 is 0. The van der Waals surface area contributed by atoms with Gasteiger partial charge in [-0.05, 0) is 18.2 Å². The summed E-state index contributed by atoms with van der Waals surface area (Å²) in [7, 11) is 1.41. The van der Waals surface area contributed by atoms with Crippen molar-refractivity contribution in [2.24, 2.45) is 5.73 Å². The third-order valence-corrected chi connectivity index (χ3v) is 1.87. The number of benzene rings is 1. The van der Waals surface area contributed by atoms with E-state index in [9.17, 15) is 13.9 Å². The Balaban J connectivity index is 3.05. The highest BCUT2D eigenvalue weighted by Gasteiger charge is 2.21. The Labute approximate surface area is 80.1 Å². The monoisotopic (exact) mass is 203 g/mol. The van der Waals surface area contributed by atoms with Gasteiger partial charge in [0.05, 0.1) is 13.2 Å². The molecule has 0 amide bonds.